The SMILES string of the molecule is Cc1cc2c(cc1Cc1ccc(-c3ccn(C)n3)cc1)C(=O)N[C@H](C)CO2. The number of amides is 1. The van der Waals surface area contributed by atoms with Crippen molar-refractivity contribution >= 4 is 5.91 Å². The second kappa shape index (κ2) is 6.91. The normalized spacial score (nSPS) is 16.3. The van der Waals surface area contributed by atoms with Crippen LogP contribution in [0.25, 0.3) is 11.3 Å². The van der Waals surface area contributed by atoms with E-state index in [1.54, 1.807) is 4.68 Å². The van der Waals surface area contributed by atoms with Gasteiger partial charge in [0.05, 0.1) is 17.3 Å². The molecule has 1 atom stereocenters. The minimum absolute atomic E-state index is 0.00722. The second-order valence-electron chi connectivity index (χ2n) is 7.21. The first-order chi connectivity index (χ1) is 13.0. The van der Waals surface area contributed by atoms with Gasteiger partial charge in [-0.1, -0.05) is 24.3 Å². The van der Waals surface area contributed by atoms with Crippen LogP contribution in [0, 0.1) is 6.92 Å². The number of hydrogen-bond donors (Lipinski definition) is 1. The van der Waals surface area contributed by atoms with E-state index in [9.17, 15) is 4.79 Å². The van der Waals surface area contributed by atoms with E-state index in [-0.39, 0.29) is 11.9 Å². The molecule has 1 amide bonds. The van der Waals surface area contributed by atoms with Gasteiger partial charge in [-0.3, -0.25) is 9.48 Å². The average Bonchev–Trinajstić information content (AvgIpc) is 3.03. The van der Waals surface area contributed by atoms with Crippen molar-refractivity contribution in [2.24, 2.45) is 7.05 Å². The van der Waals surface area contributed by atoms with Crippen LogP contribution in [0.15, 0.2) is 48.7 Å². The molecule has 27 heavy (non-hydrogen) atoms. The molecule has 2 aromatic carbocycles. The Morgan fingerprint density at radius 1 is 1.22 bits per heavy atom. The summed E-state index contributed by atoms with van der Waals surface area (Å²) in [5, 5.41) is 7.40. The lowest BCUT2D eigenvalue weighted by Gasteiger charge is -2.12. The number of ether oxygens (including phenoxy) is 1. The van der Waals surface area contributed by atoms with Crippen LogP contribution >= 0.6 is 0 Å². The quantitative estimate of drug-likeness (QED) is 0.777. The number of nitrogens with one attached hydrogen (secondary N) is 1. The summed E-state index contributed by atoms with van der Waals surface area (Å²) in [5.74, 6) is 0.602. The highest BCUT2D eigenvalue weighted by Crippen LogP contribution is 2.27. The lowest BCUT2D eigenvalue weighted by atomic mass is 9.96. The molecule has 0 radical (unpaired) electrons. The highest BCUT2D eigenvalue weighted by molar-refractivity contribution is 5.97. The molecule has 2 heterocycles. The largest absolute Gasteiger partial charge is 0.491 e. The molecule has 0 saturated carbocycles. The van der Waals surface area contributed by atoms with E-state index in [0.717, 1.165) is 28.8 Å². The number of fused-ring (bicyclic) bond motifs is 1. The molecule has 5 nitrogen and oxygen atoms in total. The number of nitrogens with zero attached hydrogens (tertiary/aromatic N) is 2. The van der Waals surface area contributed by atoms with Gasteiger partial charge < -0.3 is 10.1 Å². The van der Waals surface area contributed by atoms with Gasteiger partial charge >= 0.3 is 0 Å². The summed E-state index contributed by atoms with van der Waals surface area (Å²) in [6.07, 6.45) is 2.71. The van der Waals surface area contributed by atoms with Gasteiger partial charge in [-0.05, 0) is 55.2 Å². The lowest BCUT2D eigenvalue weighted by molar-refractivity contribution is 0.0942. The van der Waals surface area contributed by atoms with Crippen molar-refractivity contribution in [2.45, 2.75) is 26.3 Å². The number of carbonyl (C=O) groups is 1. The molecule has 1 N–H and O–H groups in total. The van der Waals surface area contributed by atoms with Crippen molar-refractivity contribution < 1.29 is 9.53 Å². The number of aromatic nitrogens is 2. The topological polar surface area (TPSA) is 56.2 Å². The molecule has 3 aromatic rings. The van der Waals surface area contributed by atoms with E-state index >= 15 is 0 Å². The maximum atomic E-state index is 12.4. The molecule has 5 heteroatoms. The molecule has 0 bridgehead atoms. The summed E-state index contributed by atoms with van der Waals surface area (Å²) in [6.45, 7) is 4.50. The third-order valence-corrected chi connectivity index (χ3v) is 4.91. The van der Waals surface area contributed by atoms with E-state index in [0.29, 0.717) is 17.9 Å². The van der Waals surface area contributed by atoms with Gasteiger partial charge in [-0.25, -0.2) is 0 Å². The summed E-state index contributed by atoms with van der Waals surface area (Å²) in [4.78, 5) is 12.4. The minimum atomic E-state index is -0.0678. The summed E-state index contributed by atoms with van der Waals surface area (Å²) < 4.78 is 7.59. The van der Waals surface area contributed by atoms with Crippen molar-refractivity contribution in [2.75, 3.05) is 6.61 Å². The summed E-state index contributed by atoms with van der Waals surface area (Å²) in [7, 11) is 1.92. The van der Waals surface area contributed by atoms with Gasteiger partial charge in [0, 0.05) is 18.8 Å². The number of benzene rings is 2. The fraction of sp³-hybridized carbons (Fsp3) is 0.273. The van der Waals surface area contributed by atoms with Crippen LogP contribution in [-0.2, 0) is 13.5 Å². The number of rotatable bonds is 3. The second-order valence-corrected chi connectivity index (χ2v) is 7.21. The monoisotopic (exact) mass is 361 g/mol. The van der Waals surface area contributed by atoms with Crippen LogP contribution in [0.3, 0.4) is 0 Å². The van der Waals surface area contributed by atoms with Gasteiger partial charge in [0.25, 0.3) is 5.91 Å². The van der Waals surface area contributed by atoms with Crippen LogP contribution in [-0.4, -0.2) is 28.3 Å². The molecular formula is C22H23N3O2. The van der Waals surface area contributed by atoms with Crippen LogP contribution in [0.1, 0.15) is 34.0 Å². The fourth-order valence-corrected chi connectivity index (χ4v) is 3.35. The van der Waals surface area contributed by atoms with E-state index in [4.69, 9.17) is 4.74 Å². The van der Waals surface area contributed by atoms with Gasteiger partial charge in [0.2, 0.25) is 0 Å². The van der Waals surface area contributed by atoms with Crippen molar-refractivity contribution in [1.82, 2.24) is 15.1 Å². The van der Waals surface area contributed by atoms with Crippen LogP contribution in [0.2, 0.25) is 0 Å². The van der Waals surface area contributed by atoms with Gasteiger partial charge in [0.15, 0.2) is 0 Å². The molecule has 1 aromatic heterocycles. The standard InChI is InChI=1S/C22H23N3O2/c1-14-10-21-19(22(26)23-15(2)13-27-21)12-18(14)11-16-4-6-17(7-5-16)20-8-9-25(3)24-20/h4-10,12,15H,11,13H2,1-3H3,(H,23,26)/t15-/m1/s1. The van der Waals surface area contributed by atoms with Crippen LogP contribution in [0.4, 0.5) is 0 Å². The summed E-state index contributed by atoms with van der Waals surface area (Å²) >= 11 is 0. The zero-order valence-electron chi connectivity index (χ0n) is 15.8. The van der Waals surface area contributed by atoms with Crippen molar-refractivity contribution in [1.29, 1.82) is 0 Å². The van der Waals surface area contributed by atoms with Crippen molar-refractivity contribution in [3.05, 3.63) is 70.9 Å². The molecule has 0 fully saturated rings. The van der Waals surface area contributed by atoms with Crippen LogP contribution in [0.5, 0.6) is 5.75 Å². The Balaban J connectivity index is 1.59. The van der Waals surface area contributed by atoms with Crippen molar-refractivity contribution in [3.63, 3.8) is 0 Å². The first kappa shape index (κ1) is 17.3. The molecule has 0 spiro atoms. The lowest BCUT2D eigenvalue weighted by Crippen LogP contribution is -2.33. The molecule has 4 rings (SSSR count). The maximum absolute atomic E-state index is 12.4. The smallest absolute Gasteiger partial charge is 0.255 e. The first-order valence-electron chi connectivity index (χ1n) is 9.16. The number of hydrogen-bond acceptors (Lipinski definition) is 3. The molecule has 0 aliphatic carbocycles. The maximum Gasteiger partial charge on any atom is 0.255 e. The highest BCUT2D eigenvalue weighted by Gasteiger charge is 2.21. The minimum Gasteiger partial charge on any atom is -0.491 e. The molecule has 0 saturated heterocycles. The Bertz CT molecular complexity index is 989. The van der Waals surface area contributed by atoms with E-state index in [1.165, 1.54) is 5.56 Å². The predicted octanol–water partition coefficient (Wildman–Crippen LogP) is 3.50. The Labute approximate surface area is 159 Å². The van der Waals surface area contributed by atoms with Crippen LogP contribution < -0.4 is 10.1 Å². The Morgan fingerprint density at radius 2 is 2.00 bits per heavy atom. The summed E-state index contributed by atoms with van der Waals surface area (Å²) in [5.41, 5.74) is 6.14. The van der Waals surface area contributed by atoms with E-state index < -0.39 is 0 Å². The number of aryl methyl sites for hydroxylation is 2. The fourth-order valence-electron chi connectivity index (χ4n) is 3.35. The molecule has 1 aliphatic heterocycles. The van der Waals surface area contributed by atoms with E-state index in [1.807, 2.05) is 38.4 Å². The molecule has 1 aliphatic rings. The average molecular weight is 361 g/mol. The van der Waals surface area contributed by atoms with Gasteiger partial charge in [-0.15, -0.1) is 0 Å². The summed E-state index contributed by atoms with van der Waals surface area (Å²) in [6, 6.07) is 14.4. The Kier molecular flexibility index (Phi) is 4.44. The molecule has 0 unspecified atom stereocenters. The zero-order valence-corrected chi connectivity index (χ0v) is 15.8. The zero-order chi connectivity index (χ0) is 19.0. The predicted molar refractivity (Wildman–Crippen MR) is 105 cm³/mol. The van der Waals surface area contributed by atoms with Crippen molar-refractivity contribution in [3.8, 4) is 17.0 Å². The Morgan fingerprint density at radius 3 is 2.70 bits per heavy atom. The number of carbonyl (C=O) groups excluding carboxylic acids is 1. The highest BCUT2D eigenvalue weighted by atomic mass is 16.5. The third-order valence-electron chi connectivity index (χ3n) is 4.91. The van der Waals surface area contributed by atoms with E-state index in [2.05, 4.69) is 41.6 Å². The van der Waals surface area contributed by atoms with Gasteiger partial charge in [0.1, 0.15) is 12.4 Å². The molecular weight excluding hydrogens is 338 g/mol. The molecule has 138 valence electrons. The first-order valence-corrected chi connectivity index (χ1v) is 9.16. The Hall–Kier alpha value is -3.08. The van der Waals surface area contributed by atoms with Gasteiger partial charge in [-0.2, -0.15) is 5.10 Å². The third kappa shape index (κ3) is 3.58.